The van der Waals surface area contributed by atoms with E-state index in [9.17, 15) is 4.79 Å². The Morgan fingerprint density at radius 1 is 1.12 bits per heavy atom. The predicted molar refractivity (Wildman–Crippen MR) is 101 cm³/mol. The van der Waals surface area contributed by atoms with E-state index in [1.54, 1.807) is 6.07 Å². The predicted octanol–water partition coefficient (Wildman–Crippen LogP) is 2.10. The molecule has 0 bridgehead atoms. The minimum Gasteiger partial charge on any atom is -0.351 e. The molecule has 0 aliphatic carbocycles. The van der Waals surface area contributed by atoms with Crippen molar-refractivity contribution in [2.24, 2.45) is 0 Å². The number of carbonyl (C=O) groups is 1. The van der Waals surface area contributed by atoms with Gasteiger partial charge in [-0.3, -0.25) is 4.79 Å². The highest BCUT2D eigenvalue weighted by Gasteiger charge is 2.13. The first kappa shape index (κ1) is 18.9. The molecule has 1 N–H and O–H groups in total. The average Bonchev–Trinajstić information content (AvgIpc) is 2.58. The van der Waals surface area contributed by atoms with Crippen LogP contribution in [0.15, 0.2) is 36.4 Å². The van der Waals surface area contributed by atoms with Gasteiger partial charge in [-0.25, -0.2) is 9.97 Å². The van der Waals surface area contributed by atoms with E-state index in [0.29, 0.717) is 24.7 Å². The van der Waals surface area contributed by atoms with Gasteiger partial charge in [0.05, 0.1) is 0 Å². The fourth-order valence-corrected chi connectivity index (χ4v) is 2.46. The number of rotatable bonds is 8. The van der Waals surface area contributed by atoms with Gasteiger partial charge in [0.15, 0.2) is 0 Å². The van der Waals surface area contributed by atoms with Crippen molar-refractivity contribution >= 4 is 11.9 Å². The molecule has 6 heteroatoms. The number of carbonyl (C=O) groups excluding carboxylic acids is 1. The lowest BCUT2D eigenvalue weighted by atomic mass is 10.2. The van der Waals surface area contributed by atoms with E-state index in [1.165, 1.54) is 5.56 Å². The normalized spacial score (nSPS) is 10.8. The highest BCUT2D eigenvalue weighted by Crippen LogP contribution is 2.12. The van der Waals surface area contributed by atoms with E-state index in [4.69, 9.17) is 0 Å². The summed E-state index contributed by atoms with van der Waals surface area (Å²) >= 11 is 0. The summed E-state index contributed by atoms with van der Waals surface area (Å²) in [5.74, 6) is 0.404. The number of benzene rings is 1. The molecule has 0 radical (unpaired) electrons. The van der Waals surface area contributed by atoms with Crippen LogP contribution in [0.5, 0.6) is 0 Å². The highest BCUT2D eigenvalue weighted by molar-refractivity contribution is 5.92. The second-order valence-electron chi connectivity index (χ2n) is 6.45. The maximum absolute atomic E-state index is 12.3. The number of hydrogen-bond donors (Lipinski definition) is 1. The molecular formula is C19H27N5O. The quantitative estimate of drug-likeness (QED) is 0.745. The van der Waals surface area contributed by atoms with Crippen molar-refractivity contribution in [3.05, 3.63) is 53.3 Å². The molecular weight excluding hydrogens is 314 g/mol. The van der Waals surface area contributed by atoms with Crippen LogP contribution in [0.4, 0.5) is 5.95 Å². The smallest absolute Gasteiger partial charge is 0.270 e. The second-order valence-corrected chi connectivity index (χ2v) is 6.45. The fraction of sp³-hybridized carbons (Fsp3) is 0.421. The Balaban J connectivity index is 2.02. The number of nitrogens with zero attached hydrogens (tertiary/aromatic N) is 4. The molecule has 0 saturated carbocycles. The van der Waals surface area contributed by atoms with E-state index in [-0.39, 0.29) is 5.91 Å². The van der Waals surface area contributed by atoms with Crippen LogP contribution in [0.25, 0.3) is 0 Å². The van der Waals surface area contributed by atoms with Gasteiger partial charge >= 0.3 is 0 Å². The Morgan fingerprint density at radius 3 is 2.52 bits per heavy atom. The van der Waals surface area contributed by atoms with Crippen molar-refractivity contribution in [1.82, 2.24) is 20.2 Å². The minimum absolute atomic E-state index is 0.154. The highest BCUT2D eigenvalue weighted by atomic mass is 16.1. The van der Waals surface area contributed by atoms with Gasteiger partial charge in [0, 0.05) is 25.8 Å². The standard InChI is InChI=1S/C19H27N5O/c1-15-13-17(18(25)20-11-8-12-23(2)3)22-19(21-15)24(4)14-16-9-6-5-7-10-16/h5-7,9-10,13H,8,11-12,14H2,1-4H3,(H,20,25). The Labute approximate surface area is 149 Å². The van der Waals surface area contributed by atoms with Gasteiger partial charge in [0.1, 0.15) is 5.69 Å². The monoisotopic (exact) mass is 341 g/mol. The first-order valence-corrected chi connectivity index (χ1v) is 8.49. The van der Waals surface area contributed by atoms with Crippen LogP contribution in [0.2, 0.25) is 0 Å². The molecule has 0 aliphatic heterocycles. The first-order valence-electron chi connectivity index (χ1n) is 8.49. The van der Waals surface area contributed by atoms with E-state index in [2.05, 4.69) is 32.3 Å². The molecule has 0 saturated heterocycles. The SMILES string of the molecule is Cc1cc(C(=O)NCCCN(C)C)nc(N(C)Cc2ccccc2)n1. The van der Waals surface area contributed by atoms with Crippen LogP contribution in [0.3, 0.4) is 0 Å². The largest absolute Gasteiger partial charge is 0.351 e. The van der Waals surface area contributed by atoms with Gasteiger partial charge in [-0.15, -0.1) is 0 Å². The molecule has 134 valence electrons. The molecule has 0 unspecified atom stereocenters. The van der Waals surface area contributed by atoms with E-state index >= 15 is 0 Å². The summed E-state index contributed by atoms with van der Waals surface area (Å²) < 4.78 is 0. The van der Waals surface area contributed by atoms with Crippen molar-refractivity contribution < 1.29 is 4.79 Å². The van der Waals surface area contributed by atoms with Gasteiger partial charge in [0.25, 0.3) is 5.91 Å². The third-order valence-electron chi connectivity index (χ3n) is 3.75. The number of nitrogens with one attached hydrogen (secondary N) is 1. The summed E-state index contributed by atoms with van der Waals surface area (Å²) in [6.07, 6.45) is 0.906. The maximum Gasteiger partial charge on any atom is 0.270 e. The zero-order valence-electron chi connectivity index (χ0n) is 15.5. The third kappa shape index (κ3) is 6.15. The van der Waals surface area contributed by atoms with Crippen LogP contribution in [0, 0.1) is 6.92 Å². The molecule has 1 amide bonds. The molecule has 1 aromatic heterocycles. The van der Waals surface area contributed by atoms with Crippen molar-refractivity contribution in [2.45, 2.75) is 19.9 Å². The van der Waals surface area contributed by atoms with E-state index in [1.807, 2.05) is 51.2 Å². The van der Waals surface area contributed by atoms with E-state index < -0.39 is 0 Å². The average molecular weight is 341 g/mol. The summed E-state index contributed by atoms with van der Waals surface area (Å²) in [5, 5.41) is 2.92. The second kappa shape index (κ2) is 9.13. The lowest BCUT2D eigenvalue weighted by molar-refractivity contribution is 0.0947. The Morgan fingerprint density at radius 2 is 1.84 bits per heavy atom. The number of amides is 1. The zero-order valence-corrected chi connectivity index (χ0v) is 15.5. The van der Waals surface area contributed by atoms with Crippen molar-refractivity contribution in [3.8, 4) is 0 Å². The summed E-state index contributed by atoms with van der Waals surface area (Å²) in [7, 11) is 5.97. The fourth-order valence-electron chi connectivity index (χ4n) is 2.46. The lowest BCUT2D eigenvalue weighted by Crippen LogP contribution is -2.29. The summed E-state index contributed by atoms with van der Waals surface area (Å²) in [5.41, 5.74) is 2.36. The van der Waals surface area contributed by atoms with Crippen LogP contribution < -0.4 is 10.2 Å². The molecule has 2 aromatic rings. The third-order valence-corrected chi connectivity index (χ3v) is 3.75. The summed E-state index contributed by atoms with van der Waals surface area (Å²) in [4.78, 5) is 25.3. The topological polar surface area (TPSA) is 61.4 Å². The molecule has 0 fully saturated rings. The molecule has 6 nitrogen and oxygen atoms in total. The summed E-state index contributed by atoms with van der Waals surface area (Å²) in [6.45, 7) is 4.14. The van der Waals surface area contributed by atoms with Gasteiger partial charge in [-0.2, -0.15) is 0 Å². The Hall–Kier alpha value is -2.47. The number of aryl methyl sites for hydroxylation is 1. The van der Waals surface area contributed by atoms with Crippen LogP contribution in [-0.4, -0.2) is 55.0 Å². The van der Waals surface area contributed by atoms with Gasteiger partial charge in [-0.1, -0.05) is 30.3 Å². The molecule has 1 aromatic carbocycles. The van der Waals surface area contributed by atoms with Crippen molar-refractivity contribution in [3.63, 3.8) is 0 Å². The van der Waals surface area contributed by atoms with Crippen molar-refractivity contribution in [1.29, 1.82) is 0 Å². The van der Waals surface area contributed by atoms with Crippen molar-refractivity contribution in [2.75, 3.05) is 39.1 Å². The van der Waals surface area contributed by atoms with E-state index in [0.717, 1.165) is 18.7 Å². The number of anilines is 1. The molecule has 0 spiro atoms. The first-order chi connectivity index (χ1) is 12.0. The minimum atomic E-state index is -0.154. The Kier molecular flexibility index (Phi) is 6.89. The number of aromatic nitrogens is 2. The van der Waals surface area contributed by atoms with Crippen LogP contribution in [-0.2, 0) is 6.54 Å². The maximum atomic E-state index is 12.3. The summed E-state index contributed by atoms with van der Waals surface area (Å²) in [6, 6.07) is 11.8. The molecule has 2 rings (SSSR count). The number of hydrogen-bond acceptors (Lipinski definition) is 5. The Bertz CT molecular complexity index is 687. The van der Waals surface area contributed by atoms with Gasteiger partial charge in [0.2, 0.25) is 5.95 Å². The lowest BCUT2D eigenvalue weighted by Gasteiger charge is -2.18. The zero-order chi connectivity index (χ0) is 18.2. The molecule has 0 atom stereocenters. The van der Waals surface area contributed by atoms with Gasteiger partial charge in [-0.05, 0) is 45.6 Å². The van der Waals surface area contributed by atoms with Crippen LogP contribution in [0.1, 0.15) is 28.2 Å². The molecule has 0 aliphatic rings. The molecule has 25 heavy (non-hydrogen) atoms. The molecule has 1 heterocycles. The van der Waals surface area contributed by atoms with Gasteiger partial charge < -0.3 is 15.1 Å². The van der Waals surface area contributed by atoms with Crippen LogP contribution >= 0.6 is 0 Å².